The molecule has 1 saturated carbocycles. The number of ether oxygens (including phenoxy) is 4. The van der Waals surface area contributed by atoms with Crippen LogP contribution >= 0.6 is 15.9 Å². The number of hydrogen-bond acceptors (Lipinski definition) is 13. The van der Waals surface area contributed by atoms with Crippen molar-refractivity contribution in [1.29, 1.82) is 0 Å². The zero-order valence-electron chi connectivity index (χ0n) is 48.5. The predicted molar refractivity (Wildman–Crippen MR) is 308 cm³/mol. The lowest BCUT2D eigenvalue weighted by Gasteiger charge is -2.24. The van der Waals surface area contributed by atoms with E-state index in [1.165, 1.54) is 51.2 Å². The van der Waals surface area contributed by atoms with Crippen molar-refractivity contribution in [2.45, 2.75) is 230 Å². The summed E-state index contributed by atoms with van der Waals surface area (Å²) < 4.78 is 22.8. The number of unbranched alkanes of at least 4 members (excludes halogenated alkanes) is 9. The van der Waals surface area contributed by atoms with Gasteiger partial charge in [0.1, 0.15) is 17.5 Å². The minimum absolute atomic E-state index is 0. The number of pyridine rings is 2. The monoisotopic (exact) mass is 1220 g/mol. The number of aromatic nitrogens is 2. The third-order valence-corrected chi connectivity index (χ3v) is 15.6. The highest BCUT2D eigenvalue weighted by Gasteiger charge is 2.29. The van der Waals surface area contributed by atoms with E-state index in [4.69, 9.17) is 14.2 Å². The fraction of sp³-hybridized carbons (Fsp3) is 0.710. The van der Waals surface area contributed by atoms with Gasteiger partial charge < -0.3 is 46.1 Å². The average molecular weight is 1220 g/mol. The maximum Gasteiger partial charge on any atom is 0.373 e. The maximum absolute atomic E-state index is 13.0. The molecule has 0 radical (unpaired) electrons. The molecular weight excluding hydrogens is 1120 g/mol. The van der Waals surface area contributed by atoms with E-state index in [1.54, 1.807) is 0 Å². The number of carbonyl (C=O) groups is 4. The van der Waals surface area contributed by atoms with E-state index in [1.807, 2.05) is 53.6 Å². The average Bonchev–Trinajstić information content (AvgIpc) is 4.08. The van der Waals surface area contributed by atoms with Gasteiger partial charge >= 0.3 is 23.9 Å². The Kier molecular flexibility index (Phi) is 39.1. The first kappa shape index (κ1) is 70.6. The molecule has 3 fully saturated rings. The van der Waals surface area contributed by atoms with Crippen LogP contribution in [-0.2, 0) is 44.7 Å². The molecule has 4 heterocycles. The fourth-order valence-corrected chi connectivity index (χ4v) is 10.8. The van der Waals surface area contributed by atoms with Crippen molar-refractivity contribution >= 4 is 39.8 Å². The zero-order valence-corrected chi connectivity index (χ0v) is 51.7. The van der Waals surface area contributed by atoms with Crippen molar-refractivity contribution in [3.8, 4) is 0 Å². The molecular formula is C62H100Br2N4O10. The van der Waals surface area contributed by atoms with Crippen LogP contribution in [0.1, 0.15) is 210 Å². The maximum atomic E-state index is 13.0. The number of likely N-dealkylation sites (tertiary alicyclic amines) is 2. The minimum Gasteiger partial charge on any atom is -1.00 e. The zero-order chi connectivity index (χ0) is 56.0. The smallest absolute Gasteiger partial charge is 0.373 e. The number of esters is 4. The number of alkyl halides is 1. The molecule has 442 valence electrons. The SMILES string of the molecule is CCCCCC(OC(=O)CBr)C(O)CC=CCCCCCCCC(=O)OC.CCCCCC(OC(=O)C[n+]1cccc(C2CCCN2C)c1)C(O)CC=C1CCCCCCC1C(=O)OC.CN1CCCC1c1cccnc1.[Br-]. The number of hydrogen-bond donors (Lipinski definition) is 2. The van der Waals surface area contributed by atoms with Crippen molar-refractivity contribution in [2.75, 3.05) is 46.7 Å². The van der Waals surface area contributed by atoms with Gasteiger partial charge in [0.15, 0.2) is 12.4 Å². The second kappa shape index (κ2) is 43.2. The van der Waals surface area contributed by atoms with Gasteiger partial charge in [-0.15, -0.1) is 0 Å². The van der Waals surface area contributed by atoms with Gasteiger partial charge in [-0.05, 0) is 148 Å². The molecule has 2 saturated heterocycles. The molecule has 7 atom stereocenters. The minimum atomic E-state index is -0.810. The van der Waals surface area contributed by atoms with Gasteiger partial charge in [0.25, 0.3) is 0 Å². The summed E-state index contributed by atoms with van der Waals surface area (Å²) in [5, 5.41) is 21.6. The van der Waals surface area contributed by atoms with E-state index >= 15 is 0 Å². The Bertz CT molecular complexity index is 1990. The molecule has 0 spiro atoms. The van der Waals surface area contributed by atoms with Crippen molar-refractivity contribution in [1.82, 2.24) is 14.8 Å². The molecule has 0 bridgehead atoms. The number of allylic oxidation sites excluding steroid dienone is 1. The topological polar surface area (TPSA) is 169 Å². The summed E-state index contributed by atoms with van der Waals surface area (Å²) in [6.07, 6.45) is 37.3. The molecule has 7 unspecified atom stereocenters. The van der Waals surface area contributed by atoms with Crippen LogP contribution < -0.4 is 21.5 Å². The van der Waals surface area contributed by atoms with Crippen LogP contribution in [0.4, 0.5) is 0 Å². The van der Waals surface area contributed by atoms with Gasteiger partial charge in [-0.25, -0.2) is 4.79 Å². The number of carbonyl (C=O) groups excluding carboxylic acids is 4. The van der Waals surface area contributed by atoms with E-state index < -0.39 is 24.4 Å². The van der Waals surface area contributed by atoms with Gasteiger partial charge in [-0.2, -0.15) is 4.57 Å². The molecule has 16 heteroatoms. The molecule has 5 rings (SSSR count). The summed E-state index contributed by atoms with van der Waals surface area (Å²) in [5.74, 6) is -1.23. The lowest BCUT2D eigenvalue weighted by atomic mass is 9.85. The van der Waals surface area contributed by atoms with Gasteiger partial charge in [-0.1, -0.05) is 124 Å². The highest BCUT2D eigenvalue weighted by atomic mass is 79.9. The number of rotatable bonds is 30. The summed E-state index contributed by atoms with van der Waals surface area (Å²) >= 11 is 3.10. The molecule has 2 N–H and O–H groups in total. The van der Waals surface area contributed by atoms with Crippen LogP contribution in [0.25, 0.3) is 0 Å². The molecule has 14 nitrogen and oxygen atoms in total. The second-order valence-electron chi connectivity index (χ2n) is 21.3. The first-order valence-electron chi connectivity index (χ1n) is 29.4. The summed E-state index contributed by atoms with van der Waals surface area (Å²) in [4.78, 5) is 56.8. The summed E-state index contributed by atoms with van der Waals surface area (Å²) in [7, 11) is 7.19. The Balaban J connectivity index is 0.000000449. The number of aliphatic hydroxyl groups is 2. The third-order valence-electron chi connectivity index (χ3n) is 15.2. The van der Waals surface area contributed by atoms with Gasteiger partial charge in [-0.3, -0.25) is 29.2 Å². The van der Waals surface area contributed by atoms with Crippen LogP contribution in [-0.4, -0.2) is 120 Å². The lowest BCUT2D eigenvalue weighted by molar-refractivity contribution is -0.686. The summed E-state index contributed by atoms with van der Waals surface area (Å²) in [6, 6.07) is 9.29. The van der Waals surface area contributed by atoms with Gasteiger partial charge in [0, 0.05) is 42.5 Å². The van der Waals surface area contributed by atoms with Crippen LogP contribution in [0.2, 0.25) is 0 Å². The van der Waals surface area contributed by atoms with Gasteiger partial charge in [0.05, 0.1) is 32.3 Å². The third kappa shape index (κ3) is 28.7. The molecule has 1 aliphatic carbocycles. The largest absolute Gasteiger partial charge is 1.00 e. The summed E-state index contributed by atoms with van der Waals surface area (Å²) in [5.41, 5.74) is 3.63. The number of aliphatic hydroxyl groups excluding tert-OH is 2. The van der Waals surface area contributed by atoms with Crippen molar-refractivity contribution in [3.05, 3.63) is 84.0 Å². The van der Waals surface area contributed by atoms with E-state index in [-0.39, 0.29) is 58.7 Å². The number of halogens is 2. The van der Waals surface area contributed by atoms with Crippen LogP contribution in [0.15, 0.2) is 72.9 Å². The Hall–Kier alpha value is -3.54. The molecule has 78 heavy (non-hydrogen) atoms. The summed E-state index contributed by atoms with van der Waals surface area (Å²) in [6.45, 7) is 6.69. The lowest BCUT2D eigenvalue weighted by Crippen LogP contribution is -3.00. The highest BCUT2D eigenvalue weighted by Crippen LogP contribution is 2.32. The van der Waals surface area contributed by atoms with Crippen LogP contribution in [0, 0.1) is 5.92 Å². The Morgan fingerprint density at radius 3 is 1.94 bits per heavy atom. The molecule has 0 aromatic carbocycles. The first-order valence-corrected chi connectivity index (χ1v) is 30.6. The second-order valence-corrected chi connectivity index (χ2v) is 21.9. The fourth-order valence-electron chi connectivity index (χ4n) is 10.6. The van der Waals surface area contributed by atoms with E-state index in [0.29, 0.717) is 44.2 Å². The quantitative estimate of drug-likeness (QED) is 0.0190. The van der Waals surface area contributed by atoms with Crippen LogP contribution in [0.5, 0.6) is 0 Å². The molecule has 0 amide bonds. The molecule has 2 aromatic heterocycles. The number of nitrogens with zero attached hydrogens (tertiary/aromatic N) is 4. The normalized spacial score (nSPS) is 19.9. The number of methoxy groups -OCH3 is 2. The molecule has 2 aromatic rings. The Morgan fingerprint density at radius 1 is 0.718 bits per heavy atom. The van der Waals surface area contributed by atoms with Gasteiger partial charge in [0.2, 0.25) is 6.54 Å². The van der Waals surface area contributed by atoms with E-state index in [9.17, 15) is 29.4 Å². The standard InChI is InChI=1S/C31H49N2O5.C21H37BrO5.C10H14N2.BrH/c1-4-5-8-17-29(28(34)19-18-24-13-9-6-7-10-15-26(24)31(36)37-3)38-30(35)23-33-21-11-14-25(22-33)27-16-12-20-32(27)2;1-3-4-11-15-19(27-21(25)17-22)18(23)14-12-9-7-5-6-8-10-13-16-20(24)26-2;1-12-7-3-5-10(12)9-4-2-6-11-8-9;/h11,14,18,21-22,26-29,34H,4-10,12-13,15-17,19-20,23H2,1-3H3;9,12,18-19,23H,3-8,10-11,13-17H2,1-2H3;2,4,6,8,10H,3,5,7H2,1H3;1H/q+1;;;/p-1. The highest BCUT2D eigenvalue weighted by molar-refractivity contribution is 9.09. The van der Waals surface area contributed by atoms with Crippen LogP contribution in [0.3, 0.4) is 0 Å². The van der Waals surface area contributed by atoms with E-state index in [0.717, 1.165) is 134 Å². The van der Waals surface area contributed by atoms with Crippen molar-refractivity contribution < 1.29 is 69.9 Å². The molecule has 2 aliphatic heterocycles. The Labute approximate surface area is 488 Å². The Morgan fingerprint density at radius 2 is 1.33 bits per heavy atom. The molecule has 3 aliphatic rings. The predicted octanol–water partition coefficient (Wildman–Crippen LogP) is 8.99. The first-order chi connectivity index (χ1) is 37.3. The van der Waals surface area contributed by atoms with E-state index in [2.05, 4.69) is 81.6 Å². The van der Waals surface area contributed by atoms with Crippen molar-refractivity contribution in [3.63, 3.8) is 0 Å². The van der Waals surface area contributed by atoms with Crippen molar-refractivity contribution in [2.24, 2.45) is 5.92 Å².